The van der Waals surface area contributed by atoms with Gasteiger partial charge in [-0.1, -0.05) is 36.4 Å². The van der Waals surface area contributed by atoms with Gasteiger partial charge in [0.25, 0.3) is 5.24 Å². The normalized spacial score (nSPS) is 19.4. The van der Waals surface area contributed by atoms with Crippen LogP contribution in [-0.2, 0) is 17.6 Å². The zero-order valence-electron chi connectivity index (χ0n) is 15.7. The van der Waals surface area contributed by atoms with E-state index in [0.717, 1.165) is 22.9 Å². The molecule has 0 aliphatic carbocycles. The second-order valence-corrected chi connectivity index (χ2v) is 8.11. The fourth-order valence-corrected chi connectivity index (χ4v) is 4.33. The summed E-state index contributed by atoms with van der Waals surface area (Å²) in [6, 6.07) is 15.4. The van der Waals surface area contributed by atoms with Crippen LogP contribution in [0, 0.1) is 0 Å². The lowest BCUT2D eigenvalue weighted by molar-refractivity contribution is -0.129. The number of ether oxygens (including phenoxy) is 2. The molecule has 0 spiro atoms. The van der Waals surface area contributed by atoms with Gasteiger partial charge in [-0.2, -0.15) is 0 Å². The number of carbonyl (C=O) groups excluding carboxylic acids is 2. The third-order valence-electron chi connectivity index (χ3n) is 4.69. The summed E-state index contributed by atoms with van der Waals surface area (Å²) in [6.07, 6.45) is 1.11. The second-order valence-electron chi connectivity index (χ2n) is 6.66. The van der Waals surface area contributed by atoms with E-state index < -0.39 is 4.75 Å². The van der Waals surface area contributed by atoms with Crippen molar-refractivity contribution in [1.82, 2.24) is 4.90 Å². The first-order valence-corrected chi connectivity index (χ1v) is 9.58. The summed E-state index contributed by atoms with van der Waals surface area (Å²) >= 11 is 1.12. The molecule has 0 N–H and O–H groups in total. The predicted octanol–water partition coefficient (Wildman–Crippen LogP) is 3.94. The predicted molar refractivity (Wildman–Crippen MR) is 107 cm³/mol. The zero-order valence-corrected chi connectivity index (χ0v) is 16.5. The van der Waals surface area contributed by atoms with Crippen molar-refractivity contribution in [2.45, 2.75) is 24.5 Å². The molecular formula is C21H23NO4S. The average molecular weight is 385 g/mol. The van der Waals surface area contributed by atoms with Crippen molar-refractivity contribution in [2.75, 3.05) is 20.8 Å². The molecule has 6 heteroatoms. The summed E-state index contributed by atoms with van der Waals surface area (Å²) in [4.78, 5) is 26.8. The maximum atomic E-state index is 12.9. The summed E-state index contributed by atoms with van der Waals surface area (Å²) in [5.74, 6) is 1.17. The monoisotopic (exact) mass is 385 g/mol. The first kappa shape index (κ1) is 19.3. The van der Waals surface area contributed by atoms with Gasteiger partial charge in [0.15, 0.2) is 11.5 Å². The Bertz CT molecular complexity index is 839. The highest BCUT2D eigenvalue weighted by atomic mass is 32.2. The highest BCUT2D eigenvalue weighted by molar-refractivity contribution is 8.16. The minimum absolute atomic E-state index is 0.123. The van der Waals surface area contributed by atoms with Crippen LogP contribution in [0.4, 0.5) is 4.79 Å². The molecule has 0 aromatic heterocycles. The van der Waals surface area contributed by atoms with E-state index in [1.54, 1.807) is 14.2 Å². The van der Waals surface area contributed by atoms with E-state index in [0.29, 0.717) is 30.9 Å². The van der Waals surface area contributed by atoms with Gasteiger partial charge in [0, 0.05) is 6.54 Å². The van der Waals surface area contributed by atoms with Gasteiger partial charge in [-0.25, -0.2) is 0 Å². The van der Waals surface area contributed by atoms with E-state index in [1.807, 2.05) is 55.5 Å². The summed E-state index contributed by atoms with van der Waals surface area (Å²) in [6.45, 7) is 2.20. The summed E-state index contributed by atoms with van der Waals surface area (Å²) in [5.41, 5.74) is 2.03. The first-order valence-electron chi connectivity index (χ1n) is 8.76. The van der Waals surface area contributed by atoms with Crippen molar-refractivity contribution < 1.29 is 19.1 Å². The number of thioether (sulfide) groups is 1. The molecule has 1 atom stereocenters. The Labute approximate surface area is 163 Å². The Morgan fingerprint density at radius 1 is 0.963 bits per heavy atom. The van der Waals surface area contributed by atoms with E-state index in [1.165, 1.54) is 4.90 Å². The van der Waals surface area contributed by atoms with Crippen LogP contribution in [-0.4, -0.2) is 41.6 Å². The van der Waals surface area contributed by atoms with Gasteiger partial charge in [-0.3, -0.25) is 14.5 Å². The molecule has 5 nitrogen and oxygen atoms in total. The molecule has 1 saturated heterocycles. The number of benzene rings is 2. The number of nitrogens with zero attached hydrogens (tertiary/aromatic N) is 1. The Morgan fingerprint density at radius 3 is 2.33 bits per heavy atom. The van der Waals surface area contributed by atoms with Crippen LogP contribution in [0.1, 0.15) is 18.1 Å². The Hall–Kier alpha value is -2.47. The summed E-state index contributed by atoms with van der Waals surface area (Å²) in [7, 11) is 3.17. The molecule has 0 saturated carbocycles. The second kappa shape index (κ2) is 8.05. The van der Waals surface area contributed by atoms with Crippen molar-refractivity contribution in [3.8, 4) is 11.5 Å². The minimum Gasteiger partial charge on any atom is -0.493 e. The maximum Gasteiger partial charge on any atom is 0.289 e. The minimum atomic E-state index is -0.754. The molecule has 2 amide bonds. The van der Waals surface area contributed by atoms with E-state index in [4.69, 9.17) is 9.47 Å². The molecule has 3 rings (SSSR count). The smallest absolute Gasteiger partial charge is 0.289 e. The number of methoxy groups -OCH3 is 2. The Kier molecular flexibility index (Phi) is 5.75. The van der Waals surface area contributed by atoms with E-state index in [9.17, 15) is 9.59 Å². The lowest BCUT2D eigenvalue weighted by atomic mass is 9.99. The van der Waals surface area contributed by atoms with Crippen LogP contribution >= 0.6 is 11.8 Å². The van der Waals surface area contributed by atoms with Gasteiger partial charge in [0.2, 0.25) is 5.91 Å². The van der Waals surface area contributed by atoms with Gasteiger partial charge in [-0.15, -0.1) is 0 Å². The molecule has 27 heavy (non-hydrogen) atoms. The Balaban J connectivity index is 1.69. The fraction of sp³-hybridized carbons (Fsp3) is 0.333. The van der Waals surface area contributed by atoms with Crippen molar-refractivity contribution in [2.24, 2.45) is 0 Å². The van der Waals surface area contributed by atoms with Crippen molar-refractivity contribution in [3.63, 3.8) is 0 Å². The van der Waals surface area contributed by atoms with Crippen LogP contribution in [0.5, 0.6) is 11.5 Å². The number of rotatable bonds is 7. The van der Waals surface area contributed by atoms with Crippen molar-refractivity contribution in [1.29, 1.82) is 0 Å². The summed E-state index contributed by atoms with van der Waals surface area (Å²) in [5, 5.41) is -0.182. The van der Waals surface area contributed by atoms with Gasteiger partial charge in [0.05, 0.1) is 14.2 Å². The SMILES string of the molecule is COc1ccc(CCN2C(=O)SC(C)(Cc3ccccc3)C2=O)cc1OC. The highest BCUT2D eigenvalue weighted by Gasteiger charge is 2.48. The molecule has 2 aromatic rings. The van der Waals surface area contributed by atoms with Gasteiger partial charge >= 0.3 is 0 Å². The van der Waals surface area contributed by atoms with E-state index in [2.05, 4.69) is 0 Å². The van der Waals surface area contributed by atoms with E-state index in [-0.39, 0.29) is 11.1 Å². The van der Waals surface area contributed by atoms with Crippen LogP contribution < -0.4 is 9.47 Å². The molecular weight excluding hydrogens is 362 g/mol. The molecule has 1 aliphatic heterocycles. The molecule has 1 heterocycles. The maximum absolute atomic E-state index is 12.9. The third kappa shape index (κ3) is 4.11. The van der Waals surface area contributed by atoms with Crippen LogP contribution in [0.25, 0.3) is 0 Å². The topological polar surface area (TPSA) is 55.8 Å². The van der Waals surface area contributed by atoms with Gasteiger partial charge in [0.1, 0.15) is 4.75 Å². The number of imide groups is 1. The lowest BCUT2D eigenvalue weighted by Crippen LogP contribution is -2.39. The number of hydrogen-bond acceptors (Lipinski definition) is 5. The largest absolute Gasteiger partial charge is 0.493 e. The van der Waals surface area contributed by atoms with Crippen LogP contribution in [0.2, 0.25) is 0 Å². The third-order valence-corrected chi connectivity index (χ3v) is 5.85. The van der Waals surface area contributed by atoms with E-state index >= 15 is 0 Å². The summed E-state index contributed by atoms with van der Waals surface area (Å²) < 4.78 is 9.80. The number of hydrogen-bond donors (Lipinski definition) is 0. The van der Waals surface area contributed by atoms with Crippen molar-refractivity contribution in [3.05, 3.63) is 59.7 Å². The Morgan fingerprint density at radius 2 is 1.67 bits per heavy atom. The lowest BCUT2D eigenvalue weighted by Gasteiger charge is -2.21. The molecule has 0 radical (unpaired) electrons. The van der Waals surface area contributed by atoms with Gasteiger partial charge < -0.3 is 9.47 Å². The molecule has 0 bridgehead atoms. The highest BCUT2D eigenvalue weighted by Crippen LogP contribution is 2.40. The van der Waals surface area contributed by atoms with Gasteiger partial charge in [-0.05, 0) is 54.8 Å². The van der Waals surface area contributed by atoms with Crippen LogP contribution in [0.15, 0.2) is 48.5 Å². The molecule has 1 fully saturated rings. The number of amides is 2. The van der Waals surface area contributed by atoms with Crippen molar-refractivity contribution >= 4 is 22.9 Å². The number of carbonyl (C=O) groups is 2. The molecule has 1 aliphatic rings. The standard InChI is InChI=1S/C21H23NO4S/c1-21(14-16-7-5-4-6-8-16)19(23)22(20(24)27-21)12-11-15-9-10-17(25-2)18(13-15)26-3/h4-10,13H,11-12,14H2,1-3H3. The van der Waals surface area contributed by atoms with Crippen LogP contribution in [0.3, 0.4) is 0 Å². The molecule has 1 unspecified atom stereocenters. The first-order chi connectivity index (χ1) is 13.0. The molecule has 142 valence electrons. The molecule has 2 aromatic carbocycles. The average Bonchev–Trinajstić information content (AvgIpc) is 2.88. The fourth-order valence-electron chi connectivity index (χ4n) is 3.23. The zero-order chi connectivity index (χ0) is 19.4. The quantitative estimate of drug-likeness (QED) is 0.722.